The van der Waals surface area contributed by atoms with Crippen molar-refractivity contribution in [2.45, 2.75) is 25.8 Å². The van der Waals surface area contributed by atoms with Crippen molar-refractivity contribution in [1.82, 2.24) is 14.5 Å². The standard InChI is InChI=1S/C29H27BrFN3O2/c1-36-23-10-8-20(9-11-23)19-2-4-21(5-3-19)28-32-26-14-24(30)25(31)15-27(26)34(28)17-18-12-13-33(16-18)29(35)22-6-7-22/h2-5,8-11,14-15,18,22H,6-7,12-13,16-17H2,1H3/t18-/m0/s1. The second-order valence-electron chi connectivity index (χ2n) is 9.82. The average molecular weight is 548 g/mol. The van der Waals surface area contributed by atoms with Gasteiger partial charge in [-0.05, 0) is 70.4 Å². The van der Waals surface area contributed by atoms with E-state index in [1.54, 1.807) is 19.2 Å². The highest BCUT2D eigenvalue weighted by molar-refractivity contribution is 9.10. The van der Waals surface area contributed by atoms with Crippen LogP contribution in [0.1, 0.15) is 19.3 Å². The molecule has 0 unspecified atom stereocenters. The zero-order valence-corrected chi connectivity index (χ0v) is 21.7. The third kappa shape index (κ3) is 4.41. The normalized spacial score (nSPS) is 17.6. The smallest absolute Gasteiger partial charge is 0.225 e. The van der Waals surface area contributed by atoms with Crippen LogP contribution in [0.2, 0.25) is 0 Å². The molecule has 3 aromatic carbocycles. The lowest BCUT2D eigenvalue weighted by Gasteiger charge is -2.18. The first kappa shape index (κ1) is 23.2. The quantitative estimate of drug-likeness (QED) is 0.275. The first-order chi connectivity index (χ1) is 17.5. The average Bonchev–Trinajstić information content (AvgIpc) is 3.56. The van der Waals surface area contributed by atoms with Gasteiger partial charge < -0.3 is 14.2 Å². The Morgan fingerprint density at radius 3 is 2.36 bits per heavy atom. The van der Waals surface area contributed by atoms with Crippen LogP contribution in [0, 0.1) is 17.7 Å². The molecule has 0 N–H and O–H groups in total. The van der Waals surface area contributed by atoms with Crippen LogP contribution in [0.3, 0.4) is 0 Å². The van der Waals surface area contributed by atoms with Gasteiger partial charge in [0.15, 0.2) is 0 Å². The van der Waals surface area contributed by atoms with Crippen LogP contribution in [-0.4, -0.2) is 40.6 Å². The highest BCUT2D eigenvalue weighted by atomic mass is 79.9. The Bertz CT molecular complexity index is 1430. The molecule has 1 amide bonds. The van der Waals surface area contributed by atoms with Crippen molar-refractivity contribution in [3.8, 4) is 28.3 Å². The molecule has 1 aromatic heterocycles. The Kier molecular flexibility index (Phi) is 6.04. The second-order valence-corrected chi connectivity index (χ2v) is 10.7. The summed E-state index contributed by atoms with van der Waals surface area (Å²) in [6, 6.07) is 19.6. The lowest BCUT2D eigenvalue weighted by Crippen LogP contribution is -2.30. The van der Waals surface area contributed by atoms with Crippen LogP contribution in [0.5, 0.6) is 5.75 Å². The minimum Gasteiger partial charge on any atom is -0.497 e. The van der Waals surface area contributed by atoms with E-state index in [1.165, 1.54) is 0 Å². The van der Waals surface area contributed by atoms with Crippen molar-refractivity contribution in [1.29, 1.82) is 0 Å². The van der Waals surface area contributed by atoms with Crippen molar-refractivity contribution in [3.05, 3.63) is 71.0 Å². The van der Waals surface area contributed by atoms with Crippen LogP contribution >= 0.6 is 15.9 Å². The minimum atomic E-state index is -0.304. The zero-order valence-electron chi connectivity index (χ0n) is 20.1. The number of methoxy groups -OCH3 is 1. The molecule has 5 nitrogen and oxygen atoms in total. The molecule has 1 saturated heterocycles. The van der Waals surface area contributed by atoms with E-state index >= 15 is 0 Å². The summed E-state index contributed by atoms with van der Waals surface area (Å²) < 4.78 is 22.4. The van der Waals surface area contributed by atoms with Crippen molar-refractivity contribution < 1.29 is 13.9 Å². The molecule has 2 heterocycles. The molecule has 184 valence electrons. The van der Waals surface area contributed by atoms with E-state index in [4.69, 9.17) is 9.72 Å². The van der Waals surface area contributed by atoms with Gasteiger partial charge in [0.2, 0.25) is 5.91 Å². The predicted molar refractivity (Wildman–Crippen MR) is 142 cm³/mol. The molecule has 1 aliphatic carbocycles. The number of carbonyl (C=O) groups is 1. The molecule has 4 aromatic rings. The van der Waals surface area contributed by atoms with Crippen LogP contribution in [-0.2, 0) is 11.3 Å². The number of hydrogen-bond acceptors (Lipinski definition) is 3. The highest BCUT2D eigenvalue weighted by Crippen LogP contribution is 2.35. The molecule has 1 atom stereocenters. The number of ether oxygens (including phenoxy) is 1. The number of benzene rings is 3. The fourth-order valence-corrected chi connectivity index (χ4v) is 5.48. The first-order valence-corrected chi connectivity index (χ1v) is 13.2. The zero-order chi connectivity index (χ0) is 24.8. The number of halogens is 2. The van der Waals surface area contributed by atoms with Gasteiger partial charge in [-0.1, -0.05) is 36.4 Å². The maximum Gasteiger partial charge on any atom is 0.225 e. The number of amides is 1. The lowest BCUT2D eigenvalue weighted by atomic mass is 10.0. The van der Waals surface area contributed by atoms with Gasteiger partial charge in [0, 0.05) is 37.2 Å². The van der Waals surface area contributed by atoms with E-state index in [-0.39, 0.29) is 11.7 Å². The van der Waals surface area contributed by atoms with Gasteiger partial charge in [0.25, 0.3) is 0 Å². The molecular weight excluding hydrogens is 521 g/mol. The highest BCUT2D eigenvalue weighted by Gasteiger charge is 2.36. The van der Waals surface area contributed by atoms with Gasteiger partial charge in [0.05, 0.1) is 22.6 Å². The maximum absolute atomic E-state index is 14.6. The molecule has 2 fully saturated rings. The van der Waals surface area contributed by atoms with Crippen molar-refractivity contribution in [2.75, 3.05) is 20.2 Å². The molecule has 7 heteroatoms. The third-order valence-corrected chi connectivity index (χ3v) is 7.93. The Balaban J connectivity index is 1.32. The van der Waals surface area contributed by atoms with Crippen molar-refractivity contribution in [3.63, 3.8) is 0 Å². The fraction of sp³-hybridized carbons (Fsp3) is 0.310. The van der Waals surface area contributed by atoms with Gasteiger partial charge in [-0.25, -0.2) is 9.37 Å². The van der Waals surface area contributed by atoms with Crippen LogP contribution in [0.15, 0.2) is 65.1 Å². The Morgan fingerprint density at radius 2 is 1.69 bits per heavy atom. The Morgan fingerprint density at radius 1 is 1.03 bits per heavy atom. The molecule has 1 saturated carbocycles. The monoisotopic (exact) mass is 547 g/mol. The fourth-order valence-electron chi connectivity index (χ4n) is 5.15. The minimum absolute atomic E-state index is 0.240. The number of fused-ring (bicyclic) bond motifs is 1. The van der Waals surface area contributed by atoms with E-state index in [1.807, 2.05) is 29.2 Å². The number of carbonyl (C=O) groups excluding carboxylic acids is 1. The topological polar surface area (TPSA) is 47.4 Å². The van der Waals surface area contributed by atoms with Gasteiger partial charge in [-0.3, -0.25) is 4.79 Å². The van der Waals surface area contributed by atoms with Crippen molar-refractivity contribution >= 4 is 32.9 Å². The van der Waals surface area contributed by atoms with Crippen LogP contribution in [0.4, 0.5) is 4.39 Å². The molecule has 2 aliphatic rings. The van der Waals surface area contributed by atoms with Crippen LogP contribution in [0.25, 0.3) is 33.5 Å². The van der Waals surface area contributed by atoms with Gasteiger partial charge in [-0.2, -0.15) is 0 Å². The molecule has 36 heavy (non-hydrogen) atoms. The molecule has 0 radical (unpaired) electrons. The Labute approximate surface area is 218 Å². The van der Waals surface area contributed by atoms with E-state index < -0.39 is 0 Å². The van der Waals surface area contributed by atoms with Crippen molar-refractivity contribution in [2.24, 2.45) is 11.8 Å². The van der Waals surface area contributed by atoms with Gasteiger partial charge in [0.1, 0.15) is 17.4 Å². The molecular formula is C29H27BrFN3O2. The van der Waals surface area contributed by atoms with Gasteiger partial charge in [-0.15, -0.1) is 0 Å². The molecule has 0 bridgehead atoms. The number of imidazole rings is 1. The predicted octanol–water partition coefficient (Wildman–Crippen LogP) is 6.54. The van der Waals surface area contributed by atoms with E-state index in [0.717, 1.165) is 71.6 Å². The summed E-state index contributed by atoms with van der Waals surface area (Å²) in [7, 11) is 1.66. The number of rotatable bonds is 6. The number of aromatic nitrogens is 2. The third-order valence-electron chi connectivity index (χ3n) is 7.32. The summed E-state index contributed by atoms with van der Waals surface area (Å²) >= 11 is 3.31. The Hall–Kier alpha value is -3.19. The largest absolute Gasteiger partial charge is 0.497 e. The first-order valence-electron chi connectivity index (χ1n) is 12.4. The summed E-state index contributed by atoms with van der Waals surface area (Å²) in [6.45, 7) is 2.25. The number of likely N-dealkylation sites (tertiary alicyclic amines) is 1. The van der Waals surface area contributed by atoms with Crippen LogP contribution < -0.4 is 4.74 Å². The van der Waals surface area contributed by atoms with Gasteiger partial charge >= 0.3 is 0 Å². The second kappa shape index (κ2) is 9.36. The summed E-state index contributed by atoms with van der Waals surface area (Å²) in [5.41, 5.74) is 4.71. The van der Waals surface area contributed by atoms with E-state index in [0.29, 0.717) is 22.8 Å². The summed E-state index contributed by atoms with van der Waals surface area (Å²) in [4.78, 5) is 19.5. The molecule has 6 rings (SSSR count). The maximum atomic E-state index is 14.6. The molecule has 0 spiro atoms. The number of hydrogen-bond donors (Lipinski definition) is 0. The van der Waals surface area contributed by atoms with E-state index in [9.17, 15) is 9.18 Å². The van der Waals surface area contributed by atoms with E-state index in [2.05, 4.69) is 44.8 Å². The lowest BCUT2D eigenvalue weighted by molar-refractivity contribution is -0.131. The SMILES string of the molecule is COc1ccc(-c2ccc(-c3nc4cc(Br)c(F)cc4n3C[C@H]3CCN(C(=O)C4CC4)C3)cc2)cc1. The summed E-state index contributed by atoms with van der Waals surface area (Å²) in [6.07, 6.45) is 3.00. The summed E-state index contributed by atoms with van der Waals surface area (Å²) in [5, 5.41) is 0. The number of nitrogens with zero attached hydrogens (tertiary/aromatic N) is 3. The summed E-state index contributed by atoms with van der Waals surface area (Å²) in [5.74, 6) is 2.19. The molecule has 1 aliphatic heterocycles.